The Balaban J connectivity index is 2.51. The Hall–Kier alpha value is -1.30. The molecule has 0 amide bonds. The van der Waals surface area contributed by atoms with Gasteiger partial charge in [-0.25, -0.2) is 0 Å². The van der Waals surface area contributed by atoms with Crippen LogP contribution in [0.1, 0.15) is 19.3 Å². The van der Waals surface area contributed by atoms with Crippen molar-refractivity contribution >= 4 is 0 Å². The Morgan fingerprint density at radius 3 is 1.31 bits per heavy atom. The van der Waals surface area contributed by atoms with Gasteiger partial charge >= 0.3 is 0 Å². The third kappa shape index (κ3) is 5.92. The van der Waals surface area contributed by atoms with Crippen LogP contribution in [-0.4, -0.2) is 0 Å². The van der Waals surface area contributed by atoms with Gasteiger partial charge in [-0.05, 0) is 19.3 Å². The zero-order valence-corrected chi connectivity index (χ0v) is 7.89. The Morgan fingerprint density at radius 1 is 0.462 bits per heavy atom. The summed E-state index contributed by atoms with van der Waals surface area (Å²) in [4.78, 5) is 0. The maximum absolute atomic E-state index is 2.21. The molecule has 0 saturated carbocycles. The average molecular weight is 172 g/mol. The van der Waals surface area contributed by atoms with Crippen LogP contribution in [0.3, 0.4) is 0 Å². The van der Waals surface area contributed by atoms with Gasteiger partial charge in [-0.1, -0.05) is 60.8 Å². The van der Waals surface area contributed by atoms with Gasteiger partial charge in [0.1, 0.15) is 0 Å². The summed E-state index contributed by atoms with van der Waals surface area (Å²) in [6.07, 6.45) is 24.5. The lowest BCUT2D eigenvalue weighted by atomic mass is 10.2. The maximum atomic E-state index is 2.21. The number of allylic oxidation sites excluding steroid dienone is 10. The van der Waals surface area contributed by atoms with Crippen molar-refractivity contribution in [3.63, 3.8) is 0 Å². The van der Waals surface area contributed by atoms with Gasteiger partial charge in [-0.3, -0.25) is 0 Å². The van der Waals surface area contributed by atoms with Gasteiger partial charge in [0, 0.05) is 0 Å². The molecule has 1 rings (SSSR count). The van der Waals surface area contributed by atoms with Crippen molar-refractivity contribution in [1.29, 1.82) is 0 Å². The molecule has 0 fully saturated rings. The molecule has 0 aromatic rings. The van der Waals surface area contributed by atoms with Crippen LogP contribution in [0.15, 0.2) is 60.8 Å². The van der Waals surface area contributed by atoms with Gasteiger partial charge in [0.25, 0.3) is 0 Å². The minimum Gasteiger partial charge on any atom is -0.0845 e. The van der Waals surface area contributed by atoms with E-state index in [2.05, 4.69) is 36.5 Å². The number of hydrogen-bond acceptors (Lipinski definition) is 0. The second-order valence-corrected chi connectivity index (χ2v) is 2.94. The molecule has 0 nitrogen and oxygen atoms in total. The highest BCUT2D eigenvalue weighted by atomic mass is 13.8. The van der Waals surface area contributed by atoms with E-state index in [-0.39, 0.29) is 0 Å². The van der Waals surface area contributed by atoms with Gasteiger partial charge < -0.3 is 0 Å². The fraction of sp³-hybridized carbons (Fsp3) is 0.231. The molecule has 0 spiro atoms. The lowest BCUT2D eigenvalue weighted by molar-refractivity contribution is 0.868. The van der Waals surface area contributed by atoms with Gasteiger partial charge in [0.05, 0.1) is 0 Å². The molecular weight excluding hydrogens is 156 g/mol. The van der Waals surface area contributed by atoms with E-state index in [1.165, 1.54) is 19.3 Å². The van der Waals surface area contributed by atoms with E-state index in [1.54, 1.807) is 0 Å². The summed E-state index contributed by atoms with van der Waals surface area (Å²) in [5.41, 5.74) is 0. The largest absolute Gasteiger partial charge is 0.0845 e. The van der Waals surface area contributed by atoms with Crippen molar-refractivity contribution in [2.75, 3.05) is 0 Å². The summed E-state index contributed by atoms with van der Waals surface area (Å²) in [5.74, 6) is 0. The topological polar surface area (TPSA) is 0 Å². The summed E-state index contributed by atoms with van der Waals surface area (Å²) in [7, 11) is 0. The third-order valence-corrected chi connectivity index (χ3v) is 1.79. The van der Waals surface area contributed by atoms with Gasteiger partial charge in [0.15, 0.2) is 0 Å². The monoisotopic (exact) mass is 172 g/mol. The fourth-order valence-corrected chi connectivity index (χ4v) is 1.09. The van der Waals surface area contributed by atoms with Crippen LogP contribution in [-0.2, 0) is 0 Å². The first-order valence-electron chi connectivity index (χ1n) is 4.82. The molecule has 0 aliphatic heterocycles. The van der Waals surface area contributed by atoms with E-state index in [4.69, 9.17) is 0 Å². The minimum absolute atomic E-state index is 1.17. The number of hydrogen-bond donors (Lipinski definition) is 0. The molecule has 68 valence electrons. The standard InChI is InChI=1S/C13H16/c1-2-4-6-8-10-12-13-11-9-7-5-3-1/h1-10H,11-13H2/b2-1-,5-3+,6-4+,9-7+,10-8?. The van der Waals surface area contributed by atoms with E-state index >= 15 is 0 Å². The molecule has 0 heterocycles. The predicted molar refractivity (Wildman–Crippen MR) is 59.6 cm³/mol. The second-order valence-electron chi connectivity index (χ2n) is 2.94. The molecule has 0 unspecified atom stereocenters. The normalized spacial score (nSPS) is 27.7. The van der Waals surface area contributed by atoms with E-state index in [0.717, 1.165) is 0 Å². The van der Waals surface area contributed by atoms with Crippen LogP contribution in [0, 0.1) is 0 Å². The summed E-state index contributed by atoms with van der Waals surface area (Å²) in [5, 5.41) is 0. The Morgan fingerprint density at radius 2 is 0.846 bits per heavy atom. The first-order chi connectivity index (χ1) is 6.50. The van der Waals surface area contributed by atoms with Crippen molar-refractivity contribution in [2.45, 2.75) is 19.3 Å². The molecule has 0 aromatic carbocycles. The Kier molecular flexibility index (Phi) is 5.54. The molecule has 0 atom stereocenters. The lowest BCUT2D eigenvalue weighted by Gasteiger charge is -1.87. The first kappa shape index (κ1) is 9.79. The van der Waals surface area contributed by atoms with Gasteiger partial charge in [-0.15, -0.1) is 0 Å². The third-order valence-electron chi connectivity index (χ3n) is 1.79. The molecule has 0 aromatic heterocycles. The first-order valence-corrected chi connectivity index (χ1v) is 4.82. The molecule has 13 heavy (non-hydrogen) atoms. The van der Waals surface area contributed by atoms with Crippen molar-refractivity contribution < 1.29 is 0 Å². The van der Waals surface area contributed by atoms with Crippen LogP contribution in [0.4, 0.5) is 0 Å². The van der Waals surface area contributed by atoms with Crippen LogP contribution in [0.2, 0.25) is 0 Å². The van der Waals surface area contributed by atoms with E-state index in [0.29, 0.717) is 0 Å². The van der Waals surface area contributed by atoms with E-state index < -0.39 is 0 Å². The van der Waals surface area contributed by atoms with E-state index in [1.807, 2.05) is 24.3 Å². The molecule has 0 bridgehead atoms. The van der Waals surface area contributed by atoms with Crippen LogP contribution < -0.4 is 0 Å². The lowest BCUT2D eigenvalue weighted by Crippen LogP contribution is -1.67. The molecule has 0 saturated heterocycles. The summed E-state index contributed by atoms with van der Waals surface area (Å²) in [6, 6.07) is 0. The molecule has 0 heteroatoms. The summed E-state index contributed by atoms with van der Waals surface area (Å²) in [6.45, 7) is 0. The van der Waals surface area contributed by atoms with Crippen LogP contribution in [0.5, 0.6) is 0 Å². The van der Waals surface area contributed by atoms with Gasteiger partial charge in [-0.2, -0.15) is 0 Å². The predicted octanol–water partition coefficient (Wildman–Crippen LogP) is 3.95. The fourth-order valence-electron chi connectivity index (χ4n) is 1.09. The van der Waals surface area contributed by atoms with Crippen molar-refractivity contribution in [2.24, 2.45) is 0 Å². The SMILES string of the molecule is C1=CCCC/C=C/C=C/C=C\C=C\1. The van der Waals surface area contributed by atoms with Gasteiger partial charge in [0.2, 0.25) is 0 Å². The zero-order valence-electron chi connectivity index (χ0n) is 7.89. The highest BCUT2D eigenvalue weighted by Crippen LogP contribution is 1.99. The number of rotatable bonds is 0. The zero-order chi connectivity index (χ0) is 9.19. The van der Waals surface area contributed by atoms with Crippen LogP contribution >= 0.6 is 0 Å². The highest BCUT2D eigenvalue weighted by Gasteiger charge is 1.78. The molecule has 1 aliphatic carbocycles. The summed E-state index contributed by atoms with van der Waals surface area (Å²) < 4.78 is 0. The minimum atomic E-state index is 1.17. The Labute approximate surface area is 80.7 Å². The summed E-state index contributed by atoms with van der Waals surface area (Å²) >= 11 is 0. The van der Waals surface area contributed by atoms with Crippen LogP contribution in [0.25, 0.3) is 0 Å². The molecular formula is C13H16. The molecule has 0 N–H and O–H groups in total. The molecule has 0 radical (unpaired) electrons. The van der Waals surface area contributed by atoms with Crippen molar-refractivity contribution in [3.05, 3.63) is 60.8 Å². The second kappa shape index (κ2) is 7.35. The van der Waals surface area contributed by atoms with E-state index in [9.17, 15) is 0 Å². The van der Waals surface area contributed by atoms with Crippen molar-refractivity contribution in [3.8, 4) is 0 Å². The smallest absolute Gasteiger partial charge is 0.0345 e. The molecule has 1 aliphatic rings. The highest BCUT2D eigenvalue weighted by molar-refractivity contribution is 5.18. The Bertz CT molecular complexity index is 223. The average Bonchev–Trinajstić information content (AvgIpc) is 2.18. The quantitative estimate of drug-likeness (QED) is 0.519. The maximum Gasteiger partial charge on any atom is -0.0345 e. The van der Waals surface area contributed by atoms with Crippen molar-refractivity contribution in [1.82, 2.24) is 0 Å².